The van der Waals surface area contributed by atoms with Crippen molar-refractivity contribution >= 4 is 43.8 Å². The topological polar surface area (TPSA) is 0 Å². The lowest BCUT2D eigenvalue weighted by Crippen LogP contribution is -2.17. The first kappa shape index (κ1) is 29.8. The highest BCUT2D eigenvalue weighted by Gasteiger charge is 2.49. The number of rotatable bonds is 4. The maximum absolute atomic E-state index is 2.48. The smallest absolute Gasteiger partial charge is 0.0212 e. The maximum atomic E-state index is 2.48. The number of allylic oxidation sites excluding steroid dienone is 8. The summed E-state index contributed by atoms with van der Waals surface area (Å²) in [5.74, 6) is 0.551. The molecule has 2 atom stereocenters. The van der Waals surface area contributed by atoms with Crippen LogP contribution in [0.25, 0.3) is 88.3 Å². The number of fused-ring (bicyclic) bond motifs is 8. The van der Waals surface area contributed by atoms with E-state index in [0.717, 1.165) is 0 Å². The molecule has 0 aromatic heterocycles. The zero-order valence-corrected chi connectivity index (χ0v) is 29.6. The van der Waals surface area contributed by atoms with Gasteiger partial charge >= 0.3 is 0 Å². The van der Waals surface area contributed by atoms with Crippen LogP contribution in [0.1, 0.15) is 22.3 Å². The molecule has 0 heterocycles. The Labute approximate surface area is 315 Å². The minimum atomic E-state index is 0.258. The van der Waals surface area contributed by atoms with Crippen molar-refractivity contribution in [1.29, 1.82) is 0 Å². The molecule has 0 nitrogen and oxygen atoms in total. The van der Waals surface area contributed by atoms with Crippen LogP contribution in [-0.2, 0) is 0 Å². The lowest BCUT2D eigenvalue weighted by Gasteiger charge is -2.31. The second kappa shape index (κ2) is 11.4. The van der Waals surface area contributed by atoms with Gasteiger partial charge in [0.15, 0.2) is 0 Å². The van der Waals surface area contributed by atoms with E-state index in [-0.39, 0.29) is 5.92 Å². The van der Waals surface area contributed by atoms with Crippen LogP contribution in [0.5, 0.6) is 0 Å². The highest BCUT2D eigenvalue weighted by molar-refractivity contribution is 6.22. The van der Waals surface area contributed by atoms with Crippen molar-refractivity contribution in [2.45, 2.75) is 0 Å². The van der Waals surface area contributed by atoms with Gasteiger partial charge in [-0.25, -0.2) is 0 Å². The molecule has 0 amide bonds. The van der Waals surface area contributed by atoms with Gasteiger partial charge in [-0.15, -0.1) is 0 Å². The van der Waals surface area contributed by atoms with Crippen LogP contribution in [0.4, 0.5) is 0 Å². The number of hydrogen-bond donors (Lipinski definition) is 0. The second-order valence-electron chi connectivity index (χ2n) is 15.1. The fourth-order valence-corrected chi connectivity index (χ4v) is 10.1. The number of hydrogen-bond acceptors (Lipinski definition) is 0. The van der Waals surface area contributed by atoms with Gasteiger partial charge in [0, 0.05) is 11.8 Å². The predicted octanol–water partition coefficient (Wildman–Crippen LogP) is 14.2. The van der Waals surface area contributed by atoms with Crippen molar-refractivity contribution in [3.05, 3.63) is 216 Å². The van der Waals surface area contributed by atoms with E-state index < -0.39 is 0 Å². The summed E-state index contributed by atoms with van der Waals surface area (Å²) in [5.41, 5.74) is 21.6. The Balaban J connectivity index is 1.16. The van der Waals surface area contributed by atoms with Crippen molar-refractivity contribution in [3.8, 4) is 44.5 Å². The molecule has 4 aliphatic rings. The van der Waals surface area contributed by atoms with Crippen LogP contribution in [0.15, 0.2) is 194 Å². The molecule has 8 aromatic carbocycles. The third-order valence-corrected chi connectivity index (χ3v) is 12.4. The summed E-state index contributed by atoms with van der Waals surface area (Å²) in [6.45, 7) is 0. The van der Waals surface area contributed by atoms with Gasteiger partial charge in [-0.2, -0.15) is 0 Å². The SMILES string of the molecule is C1=C2c3ccc(-c4ccccc4)cc3C3=CC=C4c5c(c(-c6ccccc6)c6cc7cc(-c8ccccc8)ccc7cc6c5-c5ccccc5)C(=C1)C4C23. The minimum absolute atomic E-state index is 0.258. The molecule has 0 N–H and O–H groups in total. The Morgan fingerprint density at radius 3 is 1.24 bits per heavy atom. The monoisotopic (exact) mass is 682 g/mol. The molecule has 0 radical (unpaired) electrons. The molecule has 2 unspecified atom stereocenters. The minimum Gasteiger partial charge on any atom is -0.0622 e. The lowest BCUT2D eigenvalue weighted by atomic mass is 9.72. The van der Waals surface area contributed by atoms with Gasteiger partial charge in [0.2, 0.25) is 0 Å². The van der Waals surface area contributed by atoms with Gasteiger partial charge in [0.1, 0.15) is 0 Å². The van der Waals surface area contributed by atoms with Gasteiger partial charge < -0.3 is 0 Å². The summed E-state index contributed by atoms with van der Waals surface area (Å²) in [6, 6.07) is 62.9. The molecule has 54 heavy (non-hydrogen) atoms. The van der Waals surface area contributed by atoms with Gasteiger partial charge in [-0.1, -0.05) is 170 Å². The van der Waals surface area contributed by atoms with Crippen LogP contribution in [0, 0.1) is 11.8 Å². The molecular formula is C54H34. The maximum Gasteiger partial charge on any atom is 0.0212 e. The largest absolute Gasteiger partial charge is 0.0622 e. The standard InChI is InChI=1S/C54H34/c1-5-13-33(14-6-1)37-21-22-39-31-47-48(32-40(39)29-37)50(36-19-11-4-12-20-36)54-44-27-25-42-41-24-23-38(34-15-7-2-8-16-34)30-46(41)43-26-28-45(52(44)51(42)43)53(54)49(47)35-17-9-3-10-18-35/h1-32,51-52H. The van der Waals surface area contributed by atoms with E-state index in [1.165, 1.54) is 111 Å². The average molecular weight is 683 g/mol. The van der Waals surface area contributed by atoms with Gasteiger partial charge in [0.25, 0.3) is 0 Å². The molecule has 0 heteroatoms. The summed E-state index contributed by atoms with van der Waals surface area (Å²) >= 11 is 0. The Morgan fingerprint density at radius 2 is 0.685 bits per heavy atom. The molecule has 0 bridgehead atoms. The Kier molecular flexibility index (Phi) is 6.27. The molecule has 8 aromatic rings. The third-order valence-electron chi connectivity index (χ3n) is 12.4. The molecule has 4 aliphatic carbocycles. The van der Waals surface area contributed by atoms with Crippen LogP contribution in [0.3, 0.4) is 0 Å². The summed E-state index contributed by atoms with van der Waals surface area (Å²) in [6.07, 6.45) is 9.85. The van der Waals surface area contributed by atoms with Crippen LogP contribution in [0.2, 0.25) is 0 Å². The van der Waals surface area contributed by atoms with Crippen LogP contribution < -0.4 is 0 Å². The fourth-order valence-electron chi connectivity index (χ4n) is 10.1. The first-order chi connectivity index (χ1) is 26.8. The molecule has 0 saturated carbocycles. The van der Waals surface area contributed by atoms with Crippen molar-refractivity contribution in [1.82, 2.24) is 0 Å². The summed E-state index contributed by atoms with van der Waals surface area (Å²) in [7, 11) is 0. The van der Waals surface area contributed by atoms with E-state index >= 15 is 0 Å². The first-order valence-corrected chi connectivity index (χ1v) is 19.1. The first-order valence-electron chi connectivity index (χ1n) is 19.1. The normalized spacial score (nSPS) is 17.3. The number of benzene rings is 8. The van der Waals surface area contributed by atoms with E-state index in [4.69, 9.17) is 0 Å². The summed E-state index contributed by atoms with van der Waals surface area (Å²) in [4.78, 5) is 0. The Hall–Kier alpha value is -6.76. The highest BCUT2D eigenvalue weighted by Crippen LogP contribution is 2.66. The molecule has 0 spiro atoms. The second-order valence-corrected chi connectivity index (χ2v) is 15.1. The molecular weight excluding hydrogens is 649 g/mol. The zero-order chi connectivity index (χ0) is 35.3. The van der Waals surface area contributed by atoms with Gasteiger partial charge in [-0.3, -0.25) is 0 Å². The summed E-state index contributed by atoms with van der Waals surface area (Å²) < 4.78 is 0. The van der Waals surface area contributed by atoms with Gasteiger partial charge in [-0.05, 0) is 135 Å². The fraction of sp³-hybridized carbons (Fsp3) is 0.0370. The zero-order valence-electron chi connectivity index (χ0n) is 29.6. The predicted molar refractivity (Wildman–Crippen MR) is 229 cm³/mol. The third kappa shape index (κ3) is 4.20. The van der Waals surface area contributed by atoms with Crippen LogP contribution >= 0.6 is 0 Å². The van der Waals surface area contributed by atoms with Crippen molar-refractivity contribution < 1.29 is 0 Å². The van der Waals surface area contributed by atoms with Gasteiger partial charge in [0.05, 0.1) is 0 Å². The molecule has 0 aliphatic heterocycles. The van der Waals surface area contributed by atoms with Crippen molar-refractivity contribution in [2.75, 3.05) is 0 Å². The Bertz CT molecular complexity index is 2990. The highest BCUT2D eigenvalue weighted by atomic mass is 14.5. The van der Waals surface area contributed by atoms with Crippen molar-refractivity contribution in [2.24, 2.45) is 11.8 Å². The van der Waals surface area contributed by atoms with Crippen molar-refractivity contribution in [3.63, 3.8) is 0 Å². The molecule has 0 saturated heterocycles. The molecule has 250 valence electrons. The average Bonchev–Trinajstić information content (AvgIpc) is 3.75. The van der Waals surface area contributed by atoms with E-state index in [2.05, 4.69) is 194 Å². The Morgan fingerprint density at radius 1 is 0.259 bits per heavy atom. The summed E-state index contributed by atoms with van der Waals surface area (Å²) in [5, 5.41) is 5.14. The van der Waals surface area contributed by atoms with Crippen LogP contribution in [-0.4, -0.2) is 0 Å². The lowest BCUT2D eigenvalue weighted by molar-refractivity contribution is 0.758. The molecule has 0 fully saturated rings. The van der Waals surface area contributed by atoms with E-state index in [1.54, 1.807) is 0 Å². The van der Waals surface area contributed by atoms with E-state index in [9.17, 15) is 0 Å². The van der Waals surface area contributed by atoms with E-state index in [0.29, 0.717) is 5.92 Å². The molecule has 12 rings (SSSR count). The quantitative estimate of drug-likeness (QED) is 0.162. The van der Waals surface area contributed by atoms with E-state index in [1.807, 2.05) is 0 Å².